The number of hydrogen-bond acceptors (Lipinski definition) is 5. The fourth-order valence-corrected chi connectivity index (χ4v) is 4.29. The number of anilines is 1. The van der Waals surface area contributed by atoms with E-state index in [1.165, 1.54) is 15.9 Å². The van der Waals surface area contributed by atoms with Gasteiger partial charge in [0.1, 0.15) is 16.9 Å². The van der Waals surface area contributed by atoms with E-state index in [0.717, 1.165) is 26.8 Å². The smallest absolute Gasteiger partial charge is 0.417 e. The third kappa shape index (κ3) is 3.50. The highest BCUT2D eigenvalue weighted by Gasteiger charge is 2.25. The number of unbranched alkanes of at least 4 members (excludes halogenated alkanes) is 1. The van der Waals surface area contributed by atoms with Gasteiger partial charge in [0.05, 0.1) is 14.0 Å². The number of pyridine rings is 1. The highest BCUT2D eigenvalue weighted by Crippen LogP contribution is 2.38. The molecule has 0 spiro atoms. The van der Waals surface area contributed by atoms with Crippen LogP contribution in [0, 0.1) is 0 Å². The van der Waals surface area contributed by atoms with Gasteiger partial charge in [-0.25, -0.2) is 19.3 Å². The minimum Gasteiger partial charge on any atom is -0.464 e. The molecular formula is C17H21BrN4O2S. The number of fused-ring (bicyclic) bond motifs is 3. The number of carbonyl (C=O) groups is 1. The van der Waals surface area contributed by atoms with Crippen LogP contribution in [-0.4, -0.2) is 31.3 Å². The first-order chi connectivity index (χ1) is 11.7. The van der Waals surface area contributed by atoms with Gasteiger partial charge < -0.3 is 10.4 Å². The summed E-state index contributed by atoms with van der Waals surface area (Å²) in [7, 11) is 0. The Morgan fingerprint density at radius 2 is 2.12 bits per heavy atom. The van der Waals surface area contributed by atoms with Crippen LogP contribution in [0.5, 0.6) is 0 Å². The lowest BCUT2D eigenvalue weighted by molar-refractivity contribution is 0.196. The van der Waals surface area contributed by atoms with E-state index in [1.807, 2.05) is 26.8 Å². The molecule has 3 aromatic rings. The Hall–Kier alpha value is -1.67. The second kappa shape index (κ2) is 6.57. The Kier molecular flexibility index (Phi) is 4.76. The summed E-state index contributed by atoms with van der Waals surface area (Å²) in [5.74, 6) is 1.12. The molecule has 25 heavy (non-hydrogen) atoms. The summed E-state index contributed by atoms with van der Waals surface area (Å²) < 4.78 is 3.14. The molecule has 134 valence electrons. The Morgan fingerprint density at radius 3 is 2.72 bits per heavy atom. The van der Waals surface area contributed by atoms with Gasteiger partial charge >= 0.3 is 6.09 Å². The standard InChI is InChI=1S/C17H21BrN4O2S/c1-5-6-7-11-20-12-13(22(11)16(23)24)15(21-17(2,3)4)19-9-8-10(18)25-14(9)12/h8H,5-7H2,1-4H3,(H,19,21)(H,23,24). The van der Waals surface area contributed by atoms with Crippen molar-refractivity contribution in [3.8, 4) is 0 Å². The normalized spacial score (nSPS) is 12.2. The highest BCUT2D eigenvalue weighted by atomic mass is 79.9. The van der Waals surface area contributed by atoms with E-state index >= 15 is 0 Å². The summed E-state index contributed by atoms with van der Waals surface area (Å²) >= 11 is 5.02. The van der Waals surface area contributed by atoms with E-state index in [9.17, 15) is 9.90 Å². The first kappa shape index (κ1) is 18.1. The first-order valence-corrected chi connectivity index (χ1v) is 9.84. The molecular weight excluding hydrogens is 404 g/mol. The molecule has 0 aliphatic carbocycles. The van der Waals surface area contributed by atoms with Crippen LogP contribution >= 0.6 is 27.3 Å². The summed E-state index contributed by atoms with van der Waals surface area (Å²) in [6.07, 6.45) is 1.47. The van der Waals surface area contributed by atoms with E-state index in [4.69, 9.17) is 9.97 Å². The van der Waals surface area contributed by atoms with Gasteiger partial charge in [0.15, 0.2) is 5.82 Å². The van der Waals surface area contributed by atoms with Gasteiger partial charge in [-0.2, -0.15) is 0 Å². The Bertz CT molecular complexity index is 955. The second-order valence-corrected chi connectivity index (χ2v) is 9.48. The predicted molar refractivity (Wildman–Crippen MR) is 106 cm³/mol. The lowest BCUT2D eigenvalue weighted by Crippen LogP contribution is -2.27. The molecule has 3 aromatic heterocycles. The van der Waals surface area contributed by atoms with Crippen molar-refractivity contribution in [1.29, 1.82) is 0 Å². The number of nitrogens with one attached hydrogen (secondary N) is 1. The molecule has 3 heterocycles. The van der Waals surface area contributed by atoms with Crippen molar-refractivity contribution < 1.29 is 9.90 Å². The molecule has 0 atom stereocenters. The van der Waals surface area contributed by atoms with Gasteiger partial charge in [0.2, 0.25) is 0 Å². The van der Waals surface area contributed by atoms with Crippen LogP contribution in [0.1, 0.15) is 46.4 Å². The molecule has 0 bridgehead atoms. The quantitative estimate of drug-likeness (QED) is 0.578. The van der Waals surface area contributed by atoms with Gasteiger partial charge in [-0.05, 0) is 49.2 Å². The van der Waals surface area contributed by atoms with Crippen molar-refractivity contribution in [2.24, 2.45) is 0 Å². The van der Waals surface area contributed by atoms with E-state index in [2.05, 4.69) is 28.2 Å². The lowest BCUT2D eigenvalue weighted by Gasteiger charge is -2.22. The summed E-state index contributed by atoms with van der Waals surface area (Å²) in [6.45, 7) is 8.14. The van der Waals surface area contributed by atoms with Crippen LogP contribution in [-0.2, 0) is 6.42 Å². The van der Waals surface area contributed by atoms with E-state index in [-0.39, 0.29) is 5.54 Å². The average molecular weight is 425 g/mol. The zero-order valence-corrected chi connectivity index (χ0v) is 17.1. The molecule has 0 unspecified atom stereocenters. The van der Waals surface area contributed by atoms with Crippen LogP contribution in [0.3, 0.4) is 0 Å². The fraction of sp³-hybridized carbons (Fsp3) is 0.471. The fourth-order valence-electron chi connectivity index (χ4n) is 2.77. The van der Waals surface area contributed by atoms with Gasteiger partial charge in [-0.15, -0.1) is 11.3 Å². The van der Waals surface area contributed by atoms with E-state index in [0.29, 0.717) is 29.1 Å². The number of rotatable bonds is 4. The van der Waals surface area contributed by atoms with Crippen molar-refractivity contribution in [2.75, 3.05) is 5.32 Å². The van der Waals surface area contributed by atoms with Crippen molar-refractivity contribution >= 4 is 60.4 Å². The number of thiophene rings is 1. The molecule has 0 radical (unpaired) electrons. The zero-order valence-electron chi connectivity index (χ0n) is 14.7. The molecule has 3 rings (SSSR count). The first-order valence-electron chi connectivity index (χ1n) is 8.23. The maximum absolute atomic E-state index is 12.0. The molecule has 0 fully saturated rings. The molecule has 0 saturated heterocycles. The molecule has 0 aliphatic heterocycles. The van der Waals surface area contributed by atoms with E-state index < -0.39 is 6.09 Å². The van der Waals surface area contributed by atoms with Crippen molar-refractivity contribution in [2.45, 2.75) is 52.5 Å². The number of imidazole rings is 1. The van der Waals surface area contributed by atoms with Crippen LogP contribution in [0.4, 0.5) is 10.6 Å². The Labute approximate surface area is 158 Å². The minimum absolute atomic E-state index is 0.252. The molecule has 6 nitrogen and oxygen atoms in total. The van der Waals surface area contributed by atoms with Crippen molar-refractivity contribution in [3.05, 3.63) is 15.7 Å². The number of aromatic nitrogens is 3. The number of nitrogens with zero attached hydrogens (tertiary/aromatic N) is 3. The van der Waals surface area contributed by atoms with Gasteiger partial charge in [-0.1, -0.05) is 13.3 Å². The Balaban J connectivity index is 2.37. The third-order valence-corrected chi connectivity index (χ3v) is 5.37. The predicted octanol–water partition coefficient (Wildman–Crippen LogP) is 5.49. The largest absolute Gasteiger partial charge is 0.464 e. The molecule has 2 N–H and O–H groups in total. The van der Waals surface area contributed by atoms with Crippen LogP contribution in [0.2, 0.25) is 0 Å². The van der Waals surface area contributed by atoms with Crippen LogP contribution < -0.4 is 5.32 Å². The van der Waals surface area contributed by atoms with Crippen LogP contribution in [0.15, 0.2) is 9.85 Å². The van der Waals surface area contributed by atoms with Crippen molar-refractivity contribution in [3.63, 3.8) is 0 Å². The maximum Gasteiger partial charge on any atom is 0.417 e. The minimum atomic E-state index is -1.03. The van der Waals surface area contributed by atoms with Gasteiger partial charge in [0.25, 0.3) is 0 Å². The second-order valence-electron chi connectivity index (χ2n) is 7.05. The topological polar surface area (TPSA) is 80.0 Å². The van der Waals surface area contributed by atoms with E-state index in [1.54, 1.807) is 0 Å². The molecule has 0 aliphatic rings. The highest BCUT2D eigenvalue weighted by molar-refractivity contribution is 9.11. The summed E-state index contributed by atoms with van der Waals surface area (Å²) in [5.41, 5.74) is 1.79. The Morgan fingerprint density at radius 1 is 1.40 bits per heavy atom. The van der Waals surface area contributed by atoms with Gasteiger partial charge in [-0.3, -0.25) is 0 Å². The summed E-state index contributed by atoms with van der Waals surface area (Å²) in [5, 5.41) is 13.2. The molecule has 0 amide bonds. The number of halogens is 1. The van der Waals surface area contributed by atoms with Crippen molar-refractivity contribution in [1.82, 2.24) is 14.5 Å². The third-order valence-electron chi connectivity index (χ3n) is 3.74. The SMILES string of the molecule is CCCCc1nc2c3sc(Br)cc3nc(NC(C)(C)C)c2n1C(=O)O. The number of hydrogen-bond donors (Lipinski definition) is 2. The number of carboxylic acid groups (broad SMARTS) is 1. The molecule has 0 aromatic carbocycles. The zero-order chi connectivity index (χ0) is 18.4. The summed E-state index contributed by atoms with van der Waals surface area (Å²) in [6, 6.07) is 1.94. The molecule has 0 saturated carbocycles. The summed E-state index contributed by atoms with van der Waals surface area (Å²) in [4.78, 5) is 21.4. The average Bonchev–Trinajstić information content (AvgIpc) is 3.03. The molecule has 8 heteroatoms. The van der Waals surface area contributed by atoms with Crippen LogP contribution in [0.25, 0.3) is 21.3 Å². The maximum atomic E-state index is 12.0. The monoisotopic (exact) mass is 424 g/mol. The lowest BCUT2D eigenvalue weighted by atomic mass is 10.1. The van der Waals surface area contributed by atoms with Gasteiger partial charge in [0, 0.05) is 12.0 Å². The number of aryl methyl sites for hydroxylation is 1.